The van der Waals surface area contributed by atoms with Gasteiger partial charge >= 0.3 is 11.9 Å². The van der Waals surface area contributed by atoms with Gasteiger partial charge in [0.1, 0.15) is 11.3 Å². The lowest BCUT2D eigenvalue weighted by Gasteiger charge is -2.07. The zero-order valence-electron chi connectivity index (χ0n) is 12.2. The standard InChI is InChI=1S/C18H16O4/c1-2-21-18(20)15-10-6-7-11-16(15)22-17(19)13-12-14-8-4-3-5-9-14/h3-13H,2H2,1H3/b13-12+. The highest BCUT2D eigenvalue weighted by atomic mass is 16.5. The summed E-state index contributed by atoms with van der Waals surface area (Å²) >= 11 is 0. The van der Waals surface area contributed by atoms with Gasteiger partial charge in [-0.25, -0.2) is 9.59 Å². The molecule has 0 saturated carbocycles. The van der Waals surface area contributed by atoms with Crippen LogP contribution in [-0.4, -0.2) is 18.5 Å². The maximum absolute atomic E-state index is 11.9. The maximum atomic E-state index is 11.9. The summed E-state index contributed by atoms with van der Waals surface area (Å²) in [6.07, 6.45) is 2.96. The molecular weight excluding hydrogens is 280 g/mol. The first kappa shape index (κ1) is 15.5. The van der Waals surface area contributed by atoms with Gasteiger partial charge in [-0.1, -0.05) is 42.5 Å². The highest BCUT2D eigenvalue weighted by Crippen LogP contribution is 2.19. The normalized spacial score (nSPS) is 10.4. The lowest BCUT2D eigenvalue weighted by molar-refractivity contribution is -0.128. The van der Waals surface area contributed by atoms with Crippen molar-refractivity contribution in [2.75, 3.05) is 6.61 Å². The Morgan fingerprint density at radius 3 is 2.41 bits per heavy atom. The molecule has 0 amide bonds. The molecule has 22 heavy (non-hydrogen) atoms. The second kappa shape index (κ2) is 7.78. The van der Waals surface area contributed by atoms with Gasteiger partial charge in [-0.15, -0.1) is 0 Å². The minimum Gasteiger partial charge on any atom is -0.462 e. The molecule has 4 nitrogen and oxygen atoms in total. The molecule has 0 saturated heterocycles. The van der Waals surface area contributed by atoms with Crippen molar-refractivity contribution in [3.8, 4) is 5.75 Å². The maximum Gasteiger partial charge on any atom is 0.341 e. The molecule has 2 aromatic rings. The summed E-state index contributed by atoms with van der Waals surface area (Å²) in [6, 6.07) is 15.9. The van der Waals surface area contributed by atoms with Crippen LogP contribution in [0.2, 0.25) is 0 Å². The van der Waals surface area contributed by atoms with E-state index in [2.05, 4.69) is 0 Å². The highest BCUT2D eigenvalue weighted by Gasteiger charge is 2.14. The average molecular weight is 296 g/mol. The summed E-state index contributed by atoms with van der Waals surface area (Å²) in [6.45, 7) is 1.98. The van der Waals surface area contributed by atoms with Crippen LogP contribution in [0.25, 0.3) is 6.08 Å². The number of benzene rings is 2. The quantitative estimate of drug-likeness (QED) is 0.481. The summed E-state index contributed by atoms with van der Waals surface area (Å²) < 4.78 is 10.1. The Labute approximate surface area is 129 Å². The monoisotopic (exact) mass is 296 g/mol. The number of para-hydroxylation sites is 1. The van der Waals surface area contributed by atoms with E-state index >= 15 is 0 Å². The van der Waals surface area contributed by atoms with E-state index < -0.39 is 11.9 Å². The van der Waals surface area contributed by atoms with Crippen molar-refractivity contribution < 1.29 is 19.1 Å². The van der Waals surface area contributed by atoms with Crippen LogP contribution in [0.3, 0.4) is 0 Å². The summed E-state index contributed by atoms with van der Waals surface area (Å²) in [5, 5.41) is 0. The van der Waals surface area contributed by atoms with Crippen LogP contribution in [0, 0.1) is 0 Å². The number of rotatable bonds is 5. The predicted octanol–water partition coefficient (Wildman–Crippen LogP) is 3.48. The topological polar surface area (TPSA) is 52.6 Å². The van der Waals surface area contributed by atoms with E-state index in [0.29, 0.717) is 0 Å². The van der Waals surface area contributed by atoms with E-state index in [9.17, 15) is 9.59 Å². The van der Waals surface area contributed by atoms with Gasteiger partial charge in [-0.3, -0.25) is 0 Å². The van der Waals surface area contributed by atoms with E-state index in [4.69, 9.17) is 9.47 Å². The molecule has 4 heteroatoms. The summed E-state index contributed by atoms with van der Waals surface area (Å²) in [5.41, 5.74) is 1.11. The van der Waals surface area contributed by atoms with Gasteiger partial charge in [-0.2, -0.15) is 0 Å². The third kappa shape index (κ3) is 4.31. The molecule has 0 aliphatic heterocycles. The molecule has 0 N–H and O–H groups in total. The van der Waals surface area contributed by atoms with Gasteiger partial charge in [0.15, 0.2) is 0 Å². The van der Waals surface area contributed by atoms with Crippen molar-refractivity contribution in [2.24, 2.45) is 0 Å². The van der Waals surface area contributed by atoms with E-state index in [1.807, 2.05) is 30.3 Å². The number of carbonyl (C=O) groups excluding carboxylic acids is 2. The van der Waals surface area contributed by atoms with Crippen molar-refractivity contribution in [3.05, 3.63) is 71.8 Å². The van der Waals surface area contributed by atoms with Gasteiger partial charge < -0.3 is 9.47 Å². The number of ether oxygens (including phenoxy) is 2. The van der Waals surface area contributed by atoms with Crippen LogP contribution in [-0.2, 0) is 9.53 Å². The Morgan fingerprint density at radius 2 is 1.68 bits per heavy atom. The molecule has 0 fully saturated rings. The molecule has 0 radical (unpaired) electrons. The Kier molecular flexibility index (Phi) is 5.49. The van der Waals surface area contributed by atoms with E-state index in [-0.39, 0.29) is 17.9 Å². The Balaban J connectivity index is 2.09. The third-order valence-corrected chi connectivity index (χ3v) is 2.80. The average Bonchev–Trinajstić information content (AvgIpc) is 2.54. The van der Waals surface area contributed by atoms with Crippen molar-refractivity contribution in [2.45, 2.75) is 6.92 Å². The molecule has 0 aliphatic carbocycles. The number of carbonyl (C=O) groups is 2. The fourth-order valence-corrected chi connectivity index (χ4v) is 1.80. The van der Waals surface area contributed by atoms with Gasteiger partial charge in [0, 0.05) is 6.08 Å². The zero-order valence-corrected chi connectivity index (χ0v) is 12.2. The van der Waals surface area contributed by atoms with Crippen LogP contribution < -0.4 is 4.74 Å². The van der Waals surface area contributed by atoms with Gasteiger partial charge in [0.25, 0.3) is 0 Å². The summed E-state index contributed by atoms with van der Waals surface area (Å²) in [5.74, 6) is -0.887. The first-order chi connectivity index (χ1) is 10.7. The fraction of sp³-hybridized carbons (Fsp3) is 0.111. The number of esters is 2. The van der Waals surface area contributed by atoms with Gasteiger partial charge in [0.05, 0.1) is 6.61 Å². The van der Waals surface area contributed by atoms with E-state index in [1.165, 1.54) is 6.08 Å². The molecule has 0 bridgehead atoms. The lowest BCUT2D eigenvalue weighted by Crippen LogP contribution is -2.10. The van der Waals surface area contributed by atoms with Crippen molar-refractivity contribution in [3.63, 3.8) is 0 Å². The minimum absolute atomic E-state index is 0.184. The first-order valence-electron chi connectivity index (χ1n) is 6.92. The minimum atomic E-state index is -0.555. The van der Waals surface area contributed by atoms with Crippen molar-refractivity contribution in [1.29, 1.82) is 0 Å². The van der Waals surface area contributed by atoms with Crippen molar-refractivity contribution in [1.82, 2.24) is 0 Å². The highest BCUT2D eigenvalue weighted by molar-refractivity contribution is 5.95. The van der Waals surface area contributed by atoms with Crippen LogP contribution in [0.1, 0.15) is 22.8 Å². The molecule has 0 spiro atoms. The smallest absolute Gasteiger partial charge is 0.341 e. The Bertz CT molecular complexity index is 674. The summed E-state index contributed by atoms with van der Waals surface area (Å²) in [4.78, 5) is 23.7. The van der Waals surface area contributed by atoms with Gasteiger partial charge in [-0.05, 0) is 30.7 Å². The van der Waals surface area contributed by atoms with Crippen LogP contribution in [0.15, 0.2) is 60.7 Å². The molecule has 0 atom stereocenters. The Hall–Kier alpha value is -2.88. The van der Waals surface area contributed by atoms with Crippen LogP contribution in [0.4, 0.5) is 0 Å². The molecular formula is C18H16O4. The van der Waals surface area contributed by atoms with Crippen LogP contribution in [0.5, 0.6) is 5.75 Å². The number of hydrogen-bond acceptors (Lipinski definition) is 4. The summed E-state index contributed by atoms with van der Waals surface area (Å²) in [7, 11) is 0. The van der Waals surface area contributed by atoms with Gasteiger partial charge in [0.2, 0.25) is 0 Å². The van der Waals surface area contributed by atoms with E-state index in [0.717, 1.165) is 5.56 Å². The zero-order chi connectivity index (χ0) is 15.8. The fourth-order valence-electron chi connectivity index (χ4n) is 1.80. The predicted molar refractivity (Wildman–Crippen MR) is 83.5 cm³/mol. The molecule has 0 aromatic heterocycles. The first-order valence-corrected chi connectivity index (χ1v) is 6.92. The SMILES string of the molecule is CCOC(=O)c1ccccc1OC(=O)/C=C/c1ccccc1. The molecule has 0 aliphatic rings. The second-order valence-electron chi connectivity index (χ2n) is 4.38. The van der Waals surface area contributed by atoms with E-state index in [1.54, 1.807) is 37.3 Å². The van der Waals surface area contributed by atoms with Crippen LogP contribution >= 0.6 is 0 Å². The van der Waals surface area contributed by atoms with Crippen molar-refractivity contribution >= 4 is 18.0 Å². The Morgan fingerprint density at radius 1 is 1.00 bits per heavy atom. The second-order valence-corrected chi connectivity index (χ2v) is 4.38. The molecule has 112 valence electrons. The molecule has 0 heterocycles. The third-order valence-electron chi connectivity index (χ3n) is 2.80. The lowest BCUT2D eigenvalue weighted by atomic mass is 10.2. The molecule has 2 rings (SSSR count). The molecule has 2 aromatic carbocycles. The number of hydrogen-bond donors (Lipinski definition) is 0. The molecule has 0 unspecified atom stereocenters. The largest absolute Gasteiger partial charge is 0.462 e.